The van der Waals surface area contributed by atoms with Crippen LogP contribution in [-0.2, 0) is 38.1 Å². The van der Waals surface area contributed by atoms with Crippen molar-refractivity contribution in [3.63, 3.8) is 0 Å². The molecule has 0 aliphatic carbocycles. The summed E-state index contributed by atoms with van der Waals surface area (Å²) in [5, 5.41) is 20.2. The van der Waals surface area contributed by atoms with Crippen molar-refractivity contribution in [3.8, 4) is 0 Å². The number of aliphatic hydroxyl groups is 2. The molecule has 2 heterocycles. The van der Waals surface area contributed by atoms with Gasteiger partial charge in [-0.25, -0.2) is 18.5 Å². The van der Waals surface area contributed by atoms with Crippen LogP contribution in [0.15, 0.2) is 15.8 Å². The highest BCUT2D eigenvalue weighted by Gasteiger charge is 2.47. The van der Waals surface area contributed by atoms with Gasteiger partial charge in [0.05, 0.1) is 12.2 Å². The first-order valence-electron chi connectivity index (χ1n) is 8.19. The number of ether oxygens (including phenoxy) is 1. The van der Waals surface area contributed by atoms with E-state index >= 15 is 0 Å². The van der Waals surface area contributed by atoms with Crippen molar-refractivity contribution < 1.29 is 61.4 Å². The van der Waals surface area contributed by atoms with E-state index in [1.165, 1.54) is 0 Å². The van der Waals surface area contributed by atoms with E-state index in [9.17, 15) is 38.4 Å². The minimum Gasteiger partial charge on any atom is -0.387 e. The van der Waals surface area contributed by atoms with E-state index in [2.05, 4.69) is 13.1 Å². The molecule has 0 spiro atoms. The minimum absolute atomic E-state index is 0.156. The molecule has 0 saturated carbocycles. The van der Waals surface area contributed by atoms with Gasteiger partial charge in [-0.1, -0.05) is 0 Å². The predicted molar refractivity (Wildman–Crippen MR) is 96.4 cm³/mol. The van der Waals surface area contributed by atoms with Gasteiger partial charge in [-0.05, 0) is 6.92 Å². The second-order valence-electron chi connectivity index (χ2n) is 6.09. The van der Waals surface area contributed by atoms with Crippen LogP contribution in [0.4, 0.5) is 0 Å². The quantitative estimate of drug-likeness (QED) is 0.177. The number of nitrogens with zero attached hydrogens (tertiary/aromatic N) is 1. The molecule has 0 bridgehead atoms. The Morgan fingerprint density at radius 2 is 1.68 bits per heavy atom. The minimum atomic E-state index is -5.74. The van der Waals surface area contributed by atoms with Gasteiger partial charge in [-0.15, -0.1) is 0 Å². The van der Waals surface area contributed by atoms with Crippen molar-refractivity contribution in [2.24, 2.45) is 0 Å². The Balaban J connectivity index is 2.12. The molecule has 0 radical (unpaired) electrons. The van der Waals surface area contributed by atoms with Gasteiger partial charge in [0, 0.05) is 12.7 Å². The first-order chi connectivity index (χ1) is 14.1. The average molecular weight is 512 g/mol. The van der Waals surface area contributed by atoms with Crippen LogP contribution in [0.2, 0.25) is 0 Å². The standard InChI is InChI=1S/C11H19N2O15P3/c1-2-13-3-5(10(16)12-11(13)17)9-8(15)7(14)6(26-9)4-25-30(21,22)28-31(23,24)27-29(18,19)20/h3,6-9,14-15H,2,4H2,1H3,(H,21,22)(H,23,24)(H,12,16,17)(H2,18,19,20). The summed E-state index contributed by atoms with van der Waals surface area (Å²) in [7, 11) is -16.8. The number of phosphoric acid groups is 3. The maximum atomic E-state index is 12.0. The van der Waals surface area contributed by atoms with Crippen LogP contribution in [0.25, 0.3) is 0 Å². The van der Waals surface area contributed by atoms with Crippen molar-refractivity contribution in [3.05, 3.63) is 32.6 Å². The molecular formula is C11H19N2O15P3. The van der Waals surface area contributed by atoms with Crippen LogP contribution in [0.1, 0.15) is 18.6 Å². The number of aromatic amines is 1. The number of hydrogen-bond donors (Lipinski definition) is 7. The Morgan fingerprint density at radius 1 is 1.06 bits per heavy atom. The van der Waals surface area contributed by atoms with Gasteiger partial charge in [0.1, 0.15) is 24.4 Å². The summed E-state index contributed by atoms with van der Waals surface area (Å²) in [6, 6.07) is 0. The third-order valence-corrected chi connectivity index (χ3v) is 7.67. The maximum absolute atomic E-state index is 12.0. The highest BCUT2D eigenvalue weighted by molar-refractivity contribution is 7.66. The average Bonchev–Trinajstić information content (AvgIpc) is 2.85. The predicted octanol–water partition coefficient (Wildman–Crippen LogP) is -1.94. The van der Waals surface area contributed by atoms with Crippen LogP contribution >= 0.6 is 23.5 Å². The molecule has 0 amide bonds. The Labute approximate surface area is 172 Å². The molecule has 1 aliphatic rings. The molecule has 1 fully saturated rings. The molecule has 6 unspecified atom stereocenters. The number of phosphoric ester groups is 1. The van der Waals surface area contributed by atoms with E-state index in [1.807, 2.05) is 4.98 Å². The van der Waals surface area contributed by atoms with Crippen LogP contribution in [0.3, 0.4) is 0 Å². The van der Waals surface area contributed by atoms with E-state index < -0.39 is 65.7 Å². The fourth-order valence-corrected chi connectivity index (χ4v) is 5.61. The summed E-state index contributed by atoms with van der Waals surface area (Å²) in [5.41, 5.74) is -1.89. The largest absolute Gasteiger partial charge is 0.490 e. The van der Waals surface area contributed by atoms with E-state index in [4.69, 9.17) is 19.4 Å². The van der Waals surface area contributed by atoms with Gasteiger partial charge in [-0.3, -0.25) is 14.3 Å². The summed E-state index contributed by atoms with van der Waals surface area (Å²) in [4.78, 5) is 61.1. The molecule has 7 N–H and O–H groups in total. The summed E-state index contributed by atoms with van der Waals surface area (Å²) in [6.07, 6.45) is -5.47. The molecule has 1 aromatic heterocycles. The fourth-order valence-electron chi connectivity index (χ4n) is 2.58. The van der Waals surface area contributed by atoms with Gasteiger partial charge >= 0.3 is 29.2 Å². The molecule has 2 rings (SSSR count). The topological polar surface area (TPSA) is 264 Å². The number of aliphatic hydroxyl groups excluding tert-OH is 2. The van der Waals surface area contributed by atoms with E-state index in [-0.39, 0.29) is 12.1 Å². The molecule has 1 aromatic rings. The SMILES string of the molecule is CCn1cc(C2OC(COP(=O)(O)OP(=O)(O)OP(=O)(O)O)C(O)C2O)c(=O)[nH]c1=O. The highest BCUT2D eigenvalue weighted by atomic mass is 31.3. The van der Waals surface area contributed by atoms with E-state index in [0.717, 1.165) is 10.8 Å². The highest BCUT2D eigenvalue weighted by Crippen LogP contribution is 2.66. The summed E-state index contributed by atoms with van der Waals surface area (Å²) >= 11 is 0. The van der Waals surface area contributed by atoms with Gasteiger partial charge in [-0.2, -0.15) is 8.62 Å². The lowest BCUT2D eigenvalue weighted by molar-refractivity contribution is -0.0228. The number of aryl methyl sites for hydroxylation is 1. The van der Waals surface area contributed by atoms with Gasteiger partial charge in [0.15, 0.2) is 0 Å². The number of rotatable bonds is 9. The zero-order valence-electron chi connectivity index (χ0n) is 15.4. The lowest BCUT2D eigenvalue weighted by atomic mass is 10.0. The molecule has 1 aliphatic heterocycles. The molecule has 178 valence electrons. The van der Waals surface area contributed by atoms with Gasteiger partial charge in [0.25, 0.3) is 5.56 Å². The van der Waals surface area contributed by atoms with Crippen LogP contribution < -0.4 is 11.2 Å². The van der Waals surface area contributed by atoms with Crippen molar-refractivity contribution in [1.82, 2.24) is 9.55 Å². The normalized spacial score (nSPS) is 28.2. The second kappa shape index (κ2) is 9.45. The number of hydrogen-bond acceptors (Lipinski definition) is 11. The molecule has 20 heteroatoms. The van der Waals surface area contributed by atoms with Crippen LogP contribution in [0.5, 0.6) is 0 Å². The zero-order valence-corrected chi connectivity index (χ0v) is 18.1. The summed E-state index contributed by atoms with van der Waals surface area (Å²) < 4.78 is 51.4. The zero-order chi connectivity index (χ0) is 23.8. The fraction of sp³-hybridized carbons (Fsp3) is 0.636. The molecule has 1 saturated heterocycles. The number of H-pyrrole nitrogens is 1. The molecule has 6 atom stereocenters. The second-order valence-corrected chi connectivity index (χ2v) is 10.5. The Morgan fingerprint density at radius 3 is 2.23 bits per heavy atom. The first kappa shape index (κ1) is 26.2. The number of aromatic nitrogens is 2. The number of nitrogens with one attached hydrogen (secondary N) is 1. The van der Waals surface area contributed by atoms with E-state index in [0.29, 0.717) is 0 Å². The lowest BCUT2D eigenvalue weighted by Gasteiger charge is -2.19. The maximum Gasteiger partial charge on any atom is 0.490 e. The molecule has 0 aromatic carbocycles. The first-order valence-corrected chi connectivity index (χ1v) is 12.7. The Hall–Kier alpha value is -1.03. The van der Waals surface area contributed by atoms with Crippen LogP contribution in [0, 0.1) is 0 Å². The van der Waals surface area contributed by atoms with Gasteiger partial charge < -0.3 is 39.1 Å². The third kappa shape index (κ3) is 6.97. The Bertz CT molecular complexity index is 1060. The molecular weight excluding hydrogens is 493 g/mol. The molecule has 17 nitrogen and oxygen atoms in total. The van der Waals surface area contributed by atoms with Crippen molar-refractivity contribution in [1.29, 1.82) is 0 Å². The lowest BCUT2D eigenvalue weighted by Crippen LogP contribution is -2.36. The van der Waals surface area contributed by atoms with Crippen LogP contribution in [-0.4, -0.2) is 64.3 Å². The molecule has 31 heavy (non-hydrogen) atoms. The third-order valence-electron chi connectivity index (χ3n) is 3.87. The summed E-state index contributed by atoms with van der Waals surface area (Å²) in [6.45, 7) is 0.711. The van der Waals surface area contributed by atoms with Crippen molar-refractivity contribution in [2.75, 3.05) is 6.61 Å². The smallest absolute Gasteiger partial charge is 0.387 e. The van der Waals surface area contributed by atoms with Crippen molar-refractivity contribution in [2.45, 2.75) is 37.9 Å². The summed E-state index contributed by atoms with van der Waals surface area (Å²) in [5.74, 6) is 0. The monoisotopic (exact) mass is 512 g/mol. The van der Waals surface area contributed by atoms with Gasteiger partial charge in [0.2, 0.25) is 0 Å². The van der Waals surface area contributed by atoms with E-state index in [1.54, 1.807) is 6.92 Å². The van der Waals surface area contributed by atoms with Crippen molar-refractivity contribution >= 4 is 23.5 Å². The Kier molecular flexibility index (Phi) is 7.99.